The molecule has 1 saturated carbocycles. The Balaban J connectivity index is 1.94. The van der Waals surface area contributed by atoms with Crippen molar-refractivity contribution in [2.75, 3.05) is 13.1 Å². The largest absolute Gasteiger partial charge is 0.481 e. The molecule has 1 aromatic rings. The molecule has 1 aliphatic heterocycles. The van der Waals surface area contributed by atoms with Gasteiger partial charge in [0.2, 0.25) is 10.0 Å². The monoisotopic (exact) mass is 329 g/mol. The predicted molar refractivity (Wildman–Crippen MR) is 77.6 cm³/mol. The number of hydrogen-bond donors (Lipinski definition) is 1. The smallest absolute Gasteiger partial charge is 0.311 e. The number of nitrogens with zero attached hydrogens (tertiary/aromatic N) is 1. The molecule has 0 aromatic heterocycles. The molecule has 7 heteroatoms. The van der Waals surface area contributed by atoms with Crippen molar-refractivity contribution in [3.8, 4) is 0 Å². The van der Waals surface area contributed by atoms with Crippen molar-refractivity contribution in [2.45, 2.75) is 24.2 Å². The first-order chi connectivity index (χ1) is 9.86. The summed E-state index contributed by atoms with van der Waals surface area (Å²) in [4.78, 5) is 11.7. The van der Waals surface area contributed by atoms with E-state index in [0.29, 0.717) is 11.4 Å². The summed E-state index contributed by atoms with van der Waals surface area (Å²) in [5.74, 6) is -0.974. The zero-order chi connectivity index (χ0) is 15.3. The lowest BCUT2D eigenvalue weighted by atomic mass is 9.81. The fourth-order valence-corrected chi connectivity index (χ4v) is 5.41. The normalized spacial score (nSPS) is 29.5. The second kappa shape index (κ2) is 4.97. The van der Waals surface area contributed by atoms with E-state index in [-0.39, 0.29) is 23.9 Å². The van der Waals surface area contributed by atoms with Gasteiger partial charge in [0, 0.05) is 18.1 Å². The van der Waals surface area contributed by atoms with Crippen LogP contribution in [0.2, 0.25) is 5.02 Å². The highest BCUT2D eigenvalue weighted by Crippen LogP contribution is 2.50. The number of rotatable bonds is 3. The minimum absolute atomic E-state index is 0.0574. The molecule has 1 heterocycles. The molecule has 0 unspecified atom stereocenters. The zero-order valence-corrected chi connectivity index (χ0v) is 12.9. The van der Waals surface area contributed by atoms with Crippen molar-refractivity contribution in [2.24, 2.45) is 11.3 Å². The van der Waals surface area contributed by atoms with Gasteiger partial charge in [-0.1, -0.05) is 24.1 Å². The Morgan fingerprint density at radius 3 is 2.81 bits per heavy atom. The third-order valence-corrected chi connectivity index (χ3v) is 6.74. The maximum atomic E-state index is 12.7. The molecule has 0 bridgehead atoms. The zero-order valence-electron chi connectivity index (χ0n) is 11.3. The van der Waals surface area contributed by atoms with Gasteiger partial charge in [0.15, 0.2) is 0 Å². The molecular formula is C14H16ClNO4S. The molecule has 1 saturated heterocycles. The molecule has 1 N–H and O–H groups in total. The van der Waals surface area contributed by atoms with Crippen molar-refractivity contribution < 1.29 is 18.3 Å². The van der Waals surface area contributed by atoms with Crippen LogP contribution in [-0.4, -0.2) is 36.9 Å². The van der Waals surface area contributed by atoms with Gasteiger partial charge in [-0.25, -0.2) is 8.42 Å². The minimum atomic E-state index is -3.69. The van der Waals surface area contributed by atoms with Crippen molar-refractivity contribution in [1.29, 1.82) is 0 Å². The molecule has 5 nitrogen and oxygen atoms in total. The topological polar surface area (TPSA) is 74.7 Å². The minimum Gasteiger partial charge on any atom is -0.481 e. The molecule has 1 aromatic carbocycles. The molecule has 2 fully saturated rings. The second-order valence-corrected chi connectivity index (χ2v) is 8.18. The van der Waals surface area contributed by atoms with Gasteiger partial charge in [-0.15, -0.1) is 0 Å². The Labute approximate surface area is 128 Å². The van der Waals surface area contributed by atoms with Crippen LogP contribution in [0.1, 0.15) is 19.3 Å². The van der Waals surface area contributed by atoms with E-state index < -0.39 is 21.4 Å². The highest BCUT2D eigenvalue weighted by Gasteiger charge is 2.57. The van der Waals surface area contributed by atoms with Gasteiger partial charge in [0.05, 0.1) is 10.3 Å². The molecule has 114 valence electrons. The van der Waals surface area contributed by atoms with Gasteiger partial charge in [-0.2, -0.15) is 4.31 Å². The number of hydrogen-bond acceptors (Lipinski definition) is 3. The fraction of sp³-hybridized carbons (Fsp3) is 0.500. The first-order valence-electron chi connectivity index (χ1n) is 6.85. The average molecular weight is 330 g/mol. The number of carboxylic acids is 1. The van der Waals surface area contributed by atoms with E-state index in [0.717, 1.165) is 12.8 Å². The van der Waals surface area contributed by atoms with E-state index >= 15 is 0 Å². The summed E-state index contributed by atoms with van der Waals surface area (Å²) in [6.07, 6.45) is 2.17. The first kappa shape index (κ1) is 14.8. The SMILES string of the molecule is O=C(O)[C@@]12CCC[C@H]1CN(S(=O)(=O)c1cccc(Cl)c1)C2. The molecule has 2 aliphatic rings. The lowest BCUT2D eigenvalue weighted by Crippen LogP contribution is -2.37. The Hall–Kier alpha value is -1.11. The predicted octanol–water partition coefficient (Wildman–Crippen LogP) is 2.22. The van der Waals surface area contributed by atoms with Crippen LogP contribution in [0.5, 0.6) is 0 Å². The summed E-state index contributed by atoms with van der Waals surface area (Å²) in [6.45, 7) is 0.336. The van der Waals surface area contributed by atoms with E-state index in [4.69, 9.17) is 11.6 Å². The average Bonchev–Trinajstić information content (AvgIpc) is 2.96. The maximum absolute atomic E-state index is 12.7. The Bertz CT molecular complexity index is 690. The Morgan fingerprint density at radius 2 is 2.19 bits per heavy atom. The van der Waals surface area contributed by atoms with E-state index in [1.807, 2.05) is 0 Å². The van der Waals surface area contributed by atoms with Crippen LogP contribution >= 0.6 is 11.6 Å². The van der Waals surface area contributed by atoms with Crippen LogP contribution in [-0.2, 0) is 14.8 Å². The van der Waals surface area contributed by atoms with Crippen molar-refractivity contribution in [3.63, 3.8) is 0 Å². The van der Waals surface area contributed by atoms with Gasteiger partial charge in [-0.05, 0) is 37.0 Å². The van der Waals surface area contributed by atoms with Crippen LogP contribution in [0.4, 0.5) is 0 Å². The number of benzene rings is 1. The molecule has 3 rings (SSSR count). The Morgan fingerprint density at radius 1 is 1.43 bits per heavy atom. The molecule has 0 spiro atoms. The molecular weight excluding hydrogens is 314 g/mol. The number of halogens is 1. The van der Waals surface area contributed by atoms with Gasteiger partial charge < -0.3 is 5.11 Å². The maximum Gasteiger partial charge on any atom is 0.311 e. The highest BCUT2D eigenvalue weighted by molar-refractivity contribution is 7.89. The van der Waals surface area contributed by atoms with E-state index in [2.05, 4.69) is 0 Å². The van der Waals surface area contributed by atoms with E-state index in [1.165, 1.54) is 16.4 Å². The molecule has 1 aliphatic carbocycles. The third-order valence-electron chi connectivity index (χ3n) is 4.70. The third kappa shape index (κ3) is 2.25. The molecule has 21 heavy (non-hydrogen) atoms. The summed E-state index contributed by atoms with van der Waals surface area (Å²) >= 11 is 5.85. The van der Waals surface area contributed by atoms with Crippen LogP contribution in [0.25, 0.3) is 0 Å². The second-order valence-electron chi connectivity index (χ2n) is 5.81. The summed E-state index contributed by atoms with van der Waals surface area (Å²) in [5.41, 5.74) is -0.911. The van der Waals surface area contributed by atoms with Crippen molar-refractivity contribution >= 4 is 27.6 Å². The number of fused-ring (bicyclic) bond motifs is 1. The van der Waals surface area contributed by atoms with E-state index in [9.17, 15) is 18.3 Å². The van der Waals surface area contributed by atoms with Gasteiger partial charge in [-0.3, -0.25) is 4.79 Å². The van der Waals surface area contributed by atoms with Crippen LogP contribution < -0.4 is 0 Å². The van der Waals surface area contributed by atoms with Crippen molar-refractivity contribution in [3.05, 3.63) is 29.3 Å². The Kier molecular flexibility index (Phi) is 3.50. The van der Waals surface area contributed by atoms with Crippen LogP contribution in [0, 0.1) is 11.3 Å². The van der Waals surface area contributed by atoms with Crippen LogP contribution in [0.3, 0.4) is 0 Å². The molecule has 0 amide bonds. The fourth-order valence-electron chi connectivity index (χ4n) is 3.55. The van der Waals surface area contributed by atoms with Gasteiger partial charge in [0.1, 0.15) is 0 Å². The number of sulfonamides is 1. The number of aliphatic carboxylic acids is 1. The number of carbonyl (C=O) groups is 1. The molecule has 0 radical (unpaired) electrons. The van der Waals surface area contributed by atoms with Gasteiger partial charge in [0.25, 0.3) is 0 Å². The van der Waals surface area contributed by atoms with Crippen molar-refractivity contribution in [1.82, 2.24) is 4.31 Å². The van der Waals surface area contributed by atoms with Gasteiger partial charge >= 0.3 is 5.97 Å². The molecule has 2 atom stereocenters. The summed E-state index contributed by atoms with van der Waals surface area (Å²) in [6, 6.07) is 6.08. The van der Waals surface area contributed by atoms with Crippen LogP contribution in [0.15, 0.2) is 29.2 Å². The van der Waals surface area contributed by atoms with E-state index in [1.54, 1.807) is 12.1 Å². The standard InChI is InChI=1S/C14H16ClNO4S/c15-11-4-1-5-12(7-11)21(19,20)16-8-10-3-2-6-14(10,9-16)13(17)18/h1,4-5,7,10H,2-3,6,8-9H2,(H,17,18)/t10-,14+/m0/s1. The highest BCUT2D eigenvalue weighted by atomic mass is 35.5. The lowest BCUT2D eigenvalue weighted by molar-refractivity contribution is -0.149. The summed E-state index contributed by atoms with van der Waals surface area (Å²) in [5, 5.41) is 9.88. The quantitative estimate of drug-likeness (QED) is 0.922. The first-order valence-corrected chi connectivity index (χ1v) is 8.67. The summed E-state index contributed by atoms with van der Waals surface area (Å²) < 4.78 is 26.6. The lowest BCUT2D eigenvalue weighted by Gasteiger charge is -2.23. The summed E-state index contributed by atoms with van der Waals surface area (Å²) in [7, 11) is -3.69. The number of carboxylic acid groups (broad SMARTS) is 1.